The van der Waals surface area contributed by atoms with Gasteiger partial charge in [0.2, 0.25) is 0 Å². The Hall–Kier alpha value is -1.75. The van der Waals surface area contributed by atoms with Crippen LogP contribution < -0.4 is 5.32 Å². The van der Waals surface area contributed by atoms with E-state index in [1.54, 1.807) is 6.33 Å². The van der Waals surface area contributed by atoms with Gasteiger partial charge in [-0.3, -0.25) is 0 Å². The Morgan fingerprint density at radius 3 is 2.76 bits per heavy atom. The highest BCUT2D eigenvalue weighted by Gasteiger charge is 1.93. The smallest absolute Gasteiger partial charge is 0.115 e. The third-order valence-electron chi connectivity index (χ3n) is 2.52. The van der Waals surface area contributed by atoms with E-state index in [0.29, 0.717) is 0 Å². The number of imidazole rings is 1. The minimum absolute atomic E-state index is 0.839. The number of aryl methyl sites for hydroxylation is 1. The third kappa shape index (κ3) is 4.32. The Morgan fingerprint density at radius 2 is 2.00 bits per heavy atom. The predicted molar refractivity (Wildman–Crippen MR) is 65.2 cm³/mol. The summed E-state index contributed by atoms with van der Waals surface area (Å²) < 4.78 is 2.10. The highest BCUT2D eigenvalue weighted by molar-refractivity contribution is 5.01. The van der Waals surface area contributed by atoms with Crippen LogP contribution in [-0.2, 0) is 13.1 Å². The summed E-state index contributed by atoms with van der Waals surface area (Å²) in [6, 6.07) is 0. The molecule has 0 fully saturated rings. The molecule has 0 aromatic carbocycles. The minimum atomic E-state index is 0.839. The Kier molecular flexibility index (Phi) is 4.66. The minimum Gasteiger partial charge on any atom is -0.337 e. The summed E-state index contributed by atoms with van der Waals surface area (Å²) in [7, 11) is 0. The van der Waals surface area contributed by atoms with Crippen LogP contribution in [0.1, 0.15) is 18.4 Å². The monoisotopic (exact) mass is 231 g/mol. The quantitative estimate of drug-likeness (QED) is 0.728. The predicted octanol–water partition coefficient (Wildman–Crippen LogP) is 1.24. The van der Waals surface area contributed by atoms with E-state index in [0.717, 1.165) is 38.0 Å². The second-order valence-electron chi connectivity index (χ2n) is 3.93. The molecule has 0 saturated carbocycles. The lowest BCUT2D eigenvalue weighted by Crippen LogP contribution is -2.15. The van der Waals surface area contributed by atoms with Crippen molar-refractivity contribution in [3.05, 3.63) is 43.0 Å². The fourth-order valence-electron chi connectivity index (χ4n) is 1.62. The maximum atomic E-state index is 4.01. The SMILES string of the molecule is c1cn(CCCCNCc2cncnc2)cn1. The molecule has 2 heterocycles. The molecular formula is C12H17N5. The zero-order valence-electron chi connectivity index (χ0n) is 9.79. The van der Waals surface area contributed by atoms with Gasteiger partial charge in [0.15, 0.2) is 0 Å². The maximum absolute atomic E-state index is 4.01. The molecular weight excluding hydrogens is 214 g/mol. The lowest BCUT2D eigenvalue weighted by molar-refractivity contribution is 0.567. The van der Waals surface area contributed by atoms with E-state index in [1.807, 2.05) is 31.1 Å². The van der Waals surface area contributed by atoms with Crippen molar-refractivity contribution in [3.8, 4) is 0 Å². The van der Waals surface area contributed by atoms with Gasteiger partial charge >= 0.3 is 0 Å². The first-order chi connectivity index (χ1) is 8.45. The summed E-state index contributed by atoms with van der Waals surface area (Å²) in [5.74, 6) is 0. The molecule has 0 aliphatic heterocycles. The van der Waals surface area contributed by atoms with Crippen LogP contribution in [0.2, 0.25) is 0 Å². The number of hydrogen-bond donors (Lipinski definition) is 1. The van der Waals surface area contributed by atoms with E-state index in [4.69, 9.17) is 0 Å². The molecule has 2 rings (SSSR count). The molecule has 2 aromatic heterocycles. The maximum Gasteiger partial charge on any atom is 0.115 e. The van der Waals surface area contributed by atoms with Gasteiger partial charge in [0.05, 0.1) is 6.33 Å². The van der Waals surface area contributed by atoms with Crippen LogP contribution in [0.4, 0.5) is 0 Å². The van der Waals surface area contributed by atoms with Gasteiger partial charge in [-0.15, -0.1) is 0 Å². The second-order valence-corrected chi connectivity index (χ2v) is 3.93. The second kappa shape index (κ2) is 6.75. The molecule has 1 N–H and O–H groups in total. The van der Waals surface area contributed by atoms with Crippen molar-refractivity contribution in [2.45, 2.75) is 25.9 Å². The van der Waals surface area contributed by atoms with Crippen LogP contribution in [0.15, 0.2) is 37.4 Å². The first-order valence-corrected chi connectivity index (χ1v) is 5.85. The lowest BCUT2D eigenvalue weighted by Gasteiger charge is -2.04. The number of nitrogens with one attached hydrogen (secondary N) is 1. The Morgan fingerprint density at radius 1 is 1.12 bits per heavy atom. The molecule has 0 radical (unpaired) electrons. The van der Waals surface area contributed by atoms with Crippen molar-refractivity contribution < 1.29 is 0 Å². The summed E-state index contributed by atoms with van der Waals surface area (Å²) in [6.45, 7) is 2.89. The van der Waals surface area contributed by atoms with Crippen LogP contribution in [-0.4, -0.2) is 26.1 Å². The van der Waals surface area contributed by atoms with Gasteiger partial charge < -0.3 is 9.88 Å². The van der Waals surface area contributed by atoms with Crippen molar-refractivity contribution in [3.63, 3.8) is 0 Å². The average molecular weight is 231 g/mol. The Bertz CT molecular complexity index is 398. The zero-order chi connectivity index (χ0) is 11.8. The normalized spacial score (nSPS) is 10.6. The van der Waals surface area contributed by atoms with Gasteiger partial charge in [-0.1, -0.05) is 0 Å². The first-order valence-electron chi connectivity index (χ1n) is 5.85. The topological polar surface area (TPSA) is 55.6 Å². The van der Waals surface area contributed by atoms with E-state index in [-0.39, 0.29) is 0 Å². The molecule has 2 aromatic rings. The van der Waals surface area contributed by atoms with Crippen LogP contribution in [0.25, 0.3) is 0 Å². The molecule has 5 nitrogen and oxygen atoms in total. The number of aromatic nitrogens is 4. The largest absolute Gasteiger partial charge is 0.337 e. The van der Waals surface area contributed by atoms with Crippen LogP contribution in [0.3, 0.4) is 0 Å². The lowest BCUT2D eigenvalue weighted by atomic mass is 10.3. The van der Waals surface area contributed by atoms with Crippen molar-refractivity contribution in [2.24, 2.45) is 0 Å². The summed E-state index contributed by atoms with van der Waals surface area (Å²) in [5.41, 5.74) is 1.13. The van der Waals surface area contributed by atoms with Gasteiger partial charge in [0.25, 0.3) is 0 Å². The fraction of sp³-hybridized carbons (Fsp3) is 0.417. The van der Waals surface area contributed by atoms with Gasteiger partial charge in [0.1, 0.15) is 6.33 Å². The highest BCUT2D eigenvalue weighted by atomic mass is 15.0. The van der Waals surface area contributed by atoms with Crippen molar-refractivity contribution in [1.29, 1.82) is 0 Å². The number of hydrogen-bond acceptors (Lipinski definition) is 4. The molecule has 90 valence electrons. The number of rotatable bonds is 7. The third-order valence-corrected chi connectivity index (χ3v) is 2.52. The fourth-order valence-corrected chi connectivity index (χ4v) is 1.62. The van der Waals surface area contributed by atoms with Gasteiger partial charge in [-0.05, 0) is 19.4 Å². The molecule has 17 heavy (non-hydrogen) atoms. The van der Waals surface area contributed by atoms with E-state index in [1.165, 1.54) is 0 Å². The van der Waals surface area contributed by atoms with Crippen molar-refractivity contribution in [2.75, 3.05) is 6.54 Å². The van der Waals surface area contributed by atoms with Gasteiger partial charge in [0, 0.05) is 43.4 Å². The van der Waals surface area contributed by atoms with E-state index >= 15 is 0 Å². The Balaban J connectivity index is 1.52. The van der Waals surface area contributed by atoms with Gasteiger partial charge in [-0.25, -0.2) is 15.0 Å². The van der Waals surface area contributed by atoms with Crippen molar-refractivity contribution in [1.82, 2.24) is 24.8 Å². The standard InChI is InChI=1S/C12H17N5/c1(2-5-17-6-4-14-11-17)3-13-7-12-8-15-10-16-9-12/h4,6,8-11,13H,1-3,5,7H2. The number of nitrogens with zero attached hydrogens (tertiary/aromatic N) is 4. The molecule has 0 bridgehead atoms. The van der Waals surface area contributed by atoms with E-state index < -0.39 is 0 Å². The highest BCUT2D eigenvalue weighted by Crippen LogP contribution is 1.95. The summed E-state index contributed by atoms with van der Waals surface area (Å²) in [6.07, 6.45) is 13.2. The summed E-state index contributed by atoms with van der Waals surface area (Å²) in [5, 5.41) is 3.38. The average Bonchev–Trinajstić information content (AvgIpc) is 2.88. The molecule has 0 unspecified atom stereocenters. The molecule has 0 atom stereocenters. The van der Waals surface area contributed by atoms with Gasteiger partial charge in [-0.2, -0.15) is 0 Å². The molecule has 0 amide bonds. The molecule has 0 spiro atoms. The van der Waals surface area contributed by atoms with E-state index in [9.17, 15) is 0 Å². The van der Waals surface area contributed by atoms with Crippen molar-refractivity contribution >= 4 is 0 Å². The zero-order valence-corrected chi connectivity index (χ0v) is 9.79. The van der Waals surface area contributed by atoms with Crippen LogP contribution in [0, 0.1) is 0 Å². The first kappa shape index (κ1) is 11.7. The molecule has 0 saturated heterocycles. The number of unbranched alkanes of at least 4 members (excludes halogenated alkanes) is 1. The molecule has 5 heteroatoms. The Labute approximate surface area is 101 Å². The molecule has 0 aliphatic rings. The van der Waals surface area contributed by atoms with E-state index in [2.05, 4.69) is 24.8 Å². The summed E-state index contributed by atoms with van der Waals surface area (Å²) in [4.78, 5) is 12.0. The van der Waals surface area contributed by atoms with Crippen LogP contribution in [0.5, 0.6) is 0 Å². The van der Waals surface area contributed by atoms with Crippen LogP contribution >= 0.6 is 0 Å². The molecule has 0 aliphatic carbocycles. The summed E-state index contributed by atoms with van der Waals surface area (Å²) >= 11 is 0.